The van der Waals surface area contributed by atoms with E-state index >= 15 is 0 Å². The van der Waals surface area contributed by atoms with Gasteiger partial charge in [-0.1, -0.05) is 13.8 Å². The van der Waals surface area contributed by atoms with Gasteiger partial charge in [0.2, 0.25) is 5.91 Å². The second-order valence-corrected chi connectivity index (χ2v) is 6.42. The number of nitrogens with one attached hydrogen (secondary N) is 1. The molecule has 0 aliphatic carbocycles. The molecule has 1 aliphatic rings. The second-order valence-electron chi connectivity index (χ2n) is 6.42. The fourth-order valence-electron chi connectivity index (χ4n) is 2.82. The van der Waals surface area contributed by atoms with Gasteiger partial charge in [0.15, 0.2) is 0 Å². The summed E-state index contributed by atoms with van der Waals surface area (Å²) in [6.07, 6.45) is 2.26. The Morgan fingerprint density at radius 3 is 2.57 bits per heavy atom. The minimum Gasteiger partial charge on any atom is -0.341 e. The van der Waals surface area contributed by atoms with E-state index in [4.69, 9.17) is 0 Å². The molecular weight excluding hydrogens is 264 g/mol. The number of aromatic nitrogens is 2. The van der Waals surface area contributed by atoms with Crippen molar-refractivity contribution in [2.45, 2.75) is 53.6 Å². The van der Waals surface area contributed by atoms with E-state index in [0.717, 1.165) is 50.4 Å². The summed E-state index contributed by atoms with van der Waals surface area (Å²) >= 11 is 0. The van der Waals surface area contributed by atoms with Crippen molar-refractivity contribution in [3.8, 4) is 0 Å². The van der Waals surface area contributed by atoms with E-state index in [2.05, 4.69) is 31.2 Å². The molecule has 5 nitrogen and oxygen atoms in total. The average molecular weight is 292 g/mol. The Balaban J connectivity index is 1.98. The first kappa shape index (κ1) is 16.0. The molecule has 0 saturated carbocycles. The van der Waals surface area contributed by atoms with Crippen LogP contribution in [0, 0.1) is 19.8 Å². The van der Waals surface area contributed by atoms with Crippen molar-refractivity contribution < 1.29 is 4.79 Å². The summed E-state index contributed by atoms with van der Waals surface area (Å²) in [5.41, 5.74) is 3.36. The smallest absolute Gasteiger partial charge is 0.244 e. The van der Waals surface area contributed by atoms with Crippen LogP contribution in [0.5, 0.6) is 0 Å². The number of hydrogen-bond acceptors (Lipinski definition) is 3. The van der Waals surface area contributed by atoms with Gasteiger partial charge in [-0.2, -0.15) is 5.10 Å². The number of nitrogens with zero attached hydrogens (tertiary/aromatic N) is 3. The fraction of sp³-hybridized carbons (Fsp3) is 0.750. The van der Waals surface area contributed by atoms with Gasteiger partial charge in [0.25, 0.3) is 0 Å². The number of carbonyl (C=O) groups excluding carboxylic acids is 1. The predicted octanol–water partition coefficient (Wildman–Crippen LogP) is 1.87. The molecule has 0 atom stereocenters. The van der Waals surface area contributed by atoms with Gasteiger partial charge in [-0.05, 0) is 39.2 Å². The molecule has 0 spiro atoms. The first-order valence-corrected chi connectivity index (χ1v) is 8.00. The van der Waals surface area contributed by atoms with Gasteiger partial charge in [-0.15, -0.1) is 0 Å². The molecule has 1 amide bonds. The second kappa shape index (κ2) is 7.07. The van der Waals surface area contributed by atoms with E-state index in [0.29, 0.717) is 12.5 Å². The van der Waals surface area contributed by atoms with Crippen LogP contribution in [-0.2, 0) is 17.9 Å². The molecule has 2 heterocycles. The number of aryl methyl sites for hydroxylation is 1. The lowest BCUT2D eigenvalue weighted by molar-refractivity contribution is -0.130. The van der Waals surface area contributed by atoms with Crippen molar-refractivity contribution in [2.24, 2.45) is 5.92 Å². The molecule has 1 N–H and O–H groups in total. The molecule has 21 heavy (non-hydrogen) atoms. The summed E-state index contributed by atoms with van der Waals surface area (Å²) in [6.45, 7) is 12.5. The van der Waals surface area contributed by atoms with Crippen molar-refractivity contribution in [2.75, 3.05) is 19.6 Å². The monoisotopic (exact) mass is 292 g/mol. The highest BCUT2D eigenvalue weighted by Crippen LogP contribution is 2.14. The SMILES string of the molecule is Cc1nn(CC(=O)N2CCCC2)c(C)c1CNCC(C)C. The first-order valence-electron chi connectivity index (χ1n) is 8.00. The Bertz CT molecular complexity index is 487. The summed E-state index contributed by atoms with van der Waals surface area (Å²) in [7, 11) is 0. The van der Waals surface area contributed by atoms with Gasteiger partial charge >= 0.3 is 0 Å². The molecule has 1 fully saturated rings. The largest absolute Gasteiger partial charge is 0.341 e. The molecule has 0 unspecified atom stereocenters. The van der Waals surface area contributed by atoms with E-state index in [1.807, 2.05) is 16.5 Å². The van der Waals surface area contributed by atoms with Gasteiger partial charge in [0.1, 0.15) is 6.54 Å². The molecular formula is C16H28N4O. The van der Waals surface area contributed by atoms with Crippen molar-refractivity contribution in [3.63, 3.8) is 0 Å². The Labute approximate surface area is 127 Å². The minimum absolute atomic E-state index is 0.194. The fourth-order valence-corrected chi connectivity index (χ4v) is 2.82. The Morgan fingerprint density at radius 1 is 1.29 bits per heavy atom. The summed E-state index contributed by atoms with van der Waals surface area (Å²) in [4.78, 5) is 14.2. The number of likely N-dealkylation sites (tertiary alicyclic amines) is 1. The molecule has 0 aromatic carbocycles. The standard InChI is InChI=1S/C16H28N4O/c1-12(2)9-17-10-15-13(3)18-20(14(15)4)11-16(21)19-7-5-6-8-19/h12,17H,5-11H2,1-4H3. The minimum atomic E-state index is 0.194. The van der Waals surface area contributed by atoms with E-state index in [-0.39, 0.29) is 5.91 Å². The van der Waals surface area contributed by atoms with Crippen LogP contribution in [0.4, 0.5) is 0 Å². The Hall–Kier alpha value is -1.36. The van der Waals surface area contributed by atoms with Gasteiger partial charge in [0, 0.05) is 30.9 Å². The number of amides is 1. The highest BCUT2D eigenvalue weighted by molar-refractivity contribution is 5.76. The van der Waals surface area contributed by atoms with Crippen molar-refractivity contribution in [1.29, 1.82) is 0 Å². The van der Waals surface area contributed by atoms with Crippen LogP contribution in [0.3, 0.4) is 0 Å². The molecule has 1 aromatic rings. The van der Waals surface area contributed by atoms with Crippen LogP contribution < -0.4 is 5.32 Å². The third-order valence-corrected chi connectivity index (χ3v) is 4.13. The lowest BCUT2D eigenvalue weighted by Gasteiger charge is -2.15. The van der Waals surface area contributed by atoms with E-state index in [9.17, 15) is 4.79 Å². The van der Waals surface area contributed by atoms with Crippen molar-refractivity contribution >= 4 is 5.91 Å². The summed E-state index contributed by atoms with van der Waals surface area (Å²) in [6, 6.07) is 0. The van der Waals surface area contributed by atoms with Crippen LogP contribution >= 0.6 is 0 Å². The molecule has 1 aromatic heterocycles. The summed E-state index contributed by atoms with van der Waals surface area (Å²) in [5.74, 6) is 0.831. The number of rotatable bonds is 6. The molecule has 1 saturated heterocycles. The lowest BCUT2D eigenvalue weighted by atomic mass is 10.2. The van der Waals surface area contributed by atoms with E-state index in [1.165, 1.54) is 5.56 Å². The Kier molecular flexibility index (Phi) is 5.39. The van der Waals surface area contributed by atoms with Crippen LogP contribution in [0.2, 0.25) is 0 Å². The molecule has 2 rings (SSSR count). The summed E-state index contributed by atoms with van der Waals surface area (Å²) in [5, 5.41) is 8.00. The van der Waals surface area contributed by atoms with Crippen LogP contribution in [0.1, 0.15) is 43.6 Å². The van der Waals surface area contributed by atoms with E-state index in [1.54, 1.807) is 0 Å². The van der Waals surface area contributed by atoms with Crippen LogP contribution in [0.25, 0.3) is 0 Å². The van der Waals surface area contributed by atoms with Crippen LogP contribution in [-0.4, -0.2) is 40.2 Å². The zero-order valence-corrected chi connectivity index (χ0v) is 13.8. The first-order chi connectivity index (χ1) is 9.99. The van der Waals surface area contributed by atoms with Crippen molar-refractivity contribution in [1.82, 2.24) is 20.0 Å². The van der Waals surface area contributed by atoms with Gasteiger partial charge in [0.05, 0.1) is 5.69 Å². The maximum absolute atomic E-state index is 12.2. The molecule has 0 bridgehead atoms. The third kappa shape index (κ3) is 4.06. The number of carbonyl (C=O) groups is 1. The van der Waals surface area contributed by atoms with Crippen LogP contribution in [0.15, 0.2) is 0 Å². The summed E-state index contributed by atoms with van der Waals surface area (Å²) < 4.78 is 1.86. The zero-order chi connectivity index (χ0) is 15.4. The predicted molar refractivity (Wildman–Crippen MR) is 84.1 cm³/mol. The Morgan fingerprint density at radius 2 is 1.95 bits per heavy atom. The highest BCUT2D eigenvalue weighted by atomic mass is 16.2. The molecule has 0 radical (unpaired) electrons. The van der Waals surface area contributed by atoms with Gasteiger partial charge < -0.3 is 10.2 Å². The number of hydrogen-bond donors (Lipinski definition) is 1. The van der Waals surface area contributed by atoms with Gasteiger partial charge in [-0.25, -0.2) is 0 Å². The molecule has 118 valence electrons. The lowest BCUT2D eigenvalue weighted by Crippen LogP contribution is -2.31. The van der Waals surface area contributed by atoms with E-state index < -0.39 is 0 Å². The maximum atomic E-state index is 12.2. The third-order valence-electron chi connectivity index (χ3n) is 4.13. The molecule has 5 heteroatoms. The normalized spacial score (nSPS) is 15.2. The van der Waals surface area contributed by atoms with Gasteiger partial charge in [-0.3, -0.25) is 9.48 Å². The maximum Gasteiger partial charge on any atom is 0.244 e. The highest BCUT2D eigenvalue weighted by Gasteiger charge is 2.20. The molecule has 1 aliphatic heterocycles. The quantitative estimate of drug-likeness (QED) is 0.871. The van der Waals surface area contributed by atoms with Crippen molar-refractivity contribution in [3.05, 3.63) is 17.0 Å². The zero-order valence-electron chi connectivity index (χ0n) is 13.8. The average Bonchev–Trinajstić information content (AvgIpc) is 3.02. The topological polar surface area (TPSA) is 50.2 Å².